The van der Waals surface area contributed by atoms with E-state index in [4.69, 9.17) is 23.2 Å². The van der Waals surface area contributed by atoms with Crippen LogP contribution in [0.2, 0.25) is 10.0 Å². The normalized spacial score (nSPS) is 11.0. The minimum atomic E-state index is -0.111. The molecule has 0 unspecified atom stereocenters. The van der Waals surface area contributed by atoms with Gasteiger partial charge in [0.05, 0.1) is 19.3 Å². The molecule has 3 rings (SSSR count). The van der Waals surface area contributed by atoms with Crippen molar-refractivity contribution in [1.82, 2.24) is 14.7 Å². The summed E-state index contributed by atoms with van der Waals surface area (Å²) in [5.74, 6) is 0.525. The number of carbonyl (C=O) groups excluding carboxylic acids is 1. The van der Waals surface area contributed by atoms with Gasteiger partial charge in [0.2, 0.25) is 5.91 Å². The number of likely N-dealkylation sites (N-methyl/N-ethyl adjacent to an activating group) is 1. The maximum Gasteiger partial charge on any atom is 0.239 e. The van der Waals surface area contributed by atoms with Gasteiger partial charge in [0, 0.05) is 22.7 Å². The summed E-state index contributed by atoms with van der Waals surface area (Å²) >= 11 is 12.2. The summed E-state index contributed by atoms with van der Waals surface area (Å²) in [6.07, 6.45) is 1.65. The van der Waals surface area contributed by atoms with Crippen molar-refractivity contribution in [2.75, 3.05) is 18.9 Å². The lowest BCUT2D eigenvalue weighted by Crippen LogP contribution is -2.30. The number of aromatic nitrogens is 2. The fraction of sp³-hybridized carbons (Fsp3) is 0.200. The summed E-state index contributed by atoms with van der Waals surface area (Å²) in [6.45, 7) is 1.37. The van der Waals surface area contributed by atoms with E-state index in [2.05, 4.69) is 10.4 Å². The molecule has 27 heavy (non-hydrogen) atoms. The summed E-state index contributed by atoms with van der Waals surface area (Å²) in [5, 5.41) is 8.55. The maximum atomic E-state index is 12.4. The van der Waals surface area contributed by atoms with Crippen LogP contribution in [-0.4, -0.2) is 34.2 Å². The largest absolute Gasteiger partial charge is 0.310 e. The fourth-order valence-corrected chi connectivity index (χ4v) is 3.19. The van der Waals surface area contributed by atoms with Crippen molar-refractivity contribution in [2.24, 2.45) is 0 Å². The van der Waals surface area contributed by atoms with Crippen molar-refractivity contribution in [1.29, 1.82) is 0 Å². The van der Waals surface area contributed by atoms with E-state index >= 15 is 0 Å². The number of rotatable bonds is 7. The van der Waals surface area contributed by atoms with E-state index in [9.17, 15) is 4.79 Å². The predicted octanol–water partition coefficient (Wildman–Crippen LogP) is 4.31. The predicted molar refractivity (Wildman–Crippen MR) is 109 cm³/mol. The second kappa shape index (κ2) is 9.04. The quantitative estimate of drug-likeness (QED) is 0.640. The van der Waals surface area contributed by atoms with Crippen LogP contribution in [-0.2, 0) is 17.9 Å². The van der Waals surface area contributed by atoms with Crippen LogP contribution in [0, 0.1) is 0 Å². The number of halogens is 2. The van der Waals surface area contributed by atoms with Gasteiger partial charge in [-0.1, -0.05) is 53.5 Å². The van der Waals surface area contributed by atoms with Crippen LogP contribution < -0.4 is 5.32 Å². The maximum absolute atomic E-state index is 12.4. The molecule has 0 aliphatic carbocycles. The highest BCUT2D eigenvalue weighted by molar-refractivity contribution is 6.31. The van der Waals surface area contributed by atoms with Gasteiger partial charge >= 0.3 is 0 Å². The number of nitrogens with zero attached hydrogens (tertiary/aromatic N) is 3. The molecule has 0 saturated carbocycles. The standard InChI is InChI=1S/C20H20Cl2N4O/c1-25(12-15-5-4-7-17(21)11-15)14-20(27)24-19-9-10-23-26(19)13-16-6-2-3-8-18(16)22/h2-11H,12-14H2,1H3,(H,24,27). The zero-order valence-corrected chi connectivity index (χ0v) is 16.4. The van der Waals surface area contributed by atoms with E-state index in [0.717, 1.165) is 11.1 Å². The van der Waals surface area contributed by atoms with E-state index in [0.29, 0.717) is 29.0 Å². The van der Waals surface area contributed by atoms with Crippen molar-refractivity contribution in [3.63, 3.8) is 0 Å². The molecule has 0 fully saturated rings. The lowest BCUT2D eigenvalue weighted by Gasteiger charge is -2.17. The number of carbonyl (C=O) groups is 1. The van der Waals surface area contributed by atoms with E-state index < -0.39 is 0 Å². The van der Waals surface area contributed by atoms with Crippen LogP contribution in [0.1, 0.15) is 11.1 Å². The number of anilines is 1. The molecule has 3 aromatic rings. The molecule has 0 aliphatic heterocycles. The van der Waals surface area contributed by atoms with Gasteiger partial charge in [-0.15, -0.1) is 0 Å². The Balaban J connectivity index is 1.58. The summed E-state index contributed by atoms with van der Waals surface area (Å²) in [4.78, 5) is 14.3. The second-order valence-corrected chi connectivity index (χ2v) is 7.16. The summed E-state index contributed by atoms with van der Waals surface area (Å²) in [5.41, 5.74) is 2.00. The molecule has 0 aliphatic rings. The van der Waals surface area contributed by atoms with Crippen molar-refractivity contribution in [2.45, 2.75) is 13.1 Å². The highest BCUT2D eigenvalue weighted by atomic mass is 35.5. The third-order valence-electron chi connectivity index (χ3n) is 4.02. The van der Waals surface area contributed by atoms with Crippen LogP contribution in [0.5, 0.6) is 0 Å². The molecule has 0 spiro atoms. The molecule has 2 aromatic carbocycles. The Kier molecular flexibility index (Phi) is 6.50. The first kappa shape index (κ1) is 19.4. The zero-order chi connectivity index (χ0) is 19.2. The molecule has 1 amide bonds. The van der Waals surface area contributed by atoms with Gasteiger partial charge in [-0.25, -0.2) is 4.68 Å². The molecule has 1 heterocycles. The Bertz CT molecular complexity index is 926. The average Bonchev–Trinajstić information content (AvgIpc) is 3.03. The minimum Gasteiger partial charge on any atom is -0.310 e. The molecular weight excluding hydrogens is 383 g/mol. The molecule has 0 radical (unpaired) electrons. The van der Waals surface area contributed by atoms with Crippen molar-refractivity contribution in [3.8, 4) is 0 Å². The summed E-state index contributed by atoms with van der Waals surface area (Å²) < 4.78 is 1.72. The monoisotopic (exact) mass is 402 g/mol. The second-order valence-electron chi connectivity index (χ2n) is 6.32. The Morgan fingerprint density at radius 3 is 2.74 bits per heavy atom. The van der Waals surface area contributed by atoms with E-state index in [1.165, 1.54) is 0 Å². The highest BCUT2D eigenvalue weighted by Crippen LogP contribution is 2.18. The first-order valence-electron chi connectivity index (χ1n) is 8.49. The lowest BCUT2D eigenvalue weighted by molar-refractivity contribution is -0.117. The number of benzene rings is 2. The lowest BCUT2D eigenvalue weighted by atomic mass is 10.2. The molecule has 0 atom stereocenters. The van der Waals surface area contributed by atoms with Crippen molar-refractivity contribution < 1.29 is 4.79 Å². The van der Waals surface area contributed by atoms with Gasteiger partial charge in [0.15, 0.2) is 0 Å². The minimum absolute atomic E-state index is 0.111. The summed E-state index contributed by atoms with van der Waals surface area (Å²) in [7, 11) is 1.89. The Morgan fingerprint density at radius 1 is 1.15 bits per heavy atom. The van der Waals surface area contributed by atoms with Crippen LogP contribution in [0.3, 0.4) is 0 Å². The van der Waals surface area contributed by atoms with Gasteiger partial charge in [-0.2, -0.15) is 5.10 Å². The Hall–Kier alpha value is -2.34. The number of hydrogen-bond donors (Lipinski definition) is 1. The van der Waals surface area contributed by atoms with Crippen molar-refractivity contribution in [3.05, 3.63) is 82.0 Å². The van der Waals surface area contributed by atoms with E-state index in [1.807, 2.05) is 60.5 Å². The number of hydrogen-bond acceptors (Lipinski definition) is 3. The molecule has 1 N–H and O–H groups in total. The van der Waals surface area contributed by atoms with Crippen LogP contribution in [0.25, 0.3) is 0 Å². The third-order valence-corrected chi connectivity index (χ3v) is 4.62. The van der Waals surface area contributed by atoms with E-state index in [1.54, 1.807) is 16.9 Å². The molecule has 7 heteroatoms. The fourth-order valence-electron chi connectivity index (χ4n) is 2.78. The van der Waals surface area contributed by atoms with Gasteiger partial charge in [0.1, 0.15) is 5.82 Å². The SMILES string of the molecule is CN(CC(=O)Nc1ccnn1Cc1ccccc1Cl)Cc1cccc(Cl)c1. The van der Waals surface area contributed by atoms with Crippen LogP contribution in [0.15, 0.2) is 60.8 Å². The average molecular weight is 403 g/mol. The Labute approximate surface area is 168 Å². The zero-order valence-electron chi connectivity index (χ0n) is 14.9. The first-order chi connectivity index (χ1) is 13.0. The first-order valence-corrected chi connectivity index (χ1v) is 9.25. The smallest absolute Gasteiger partial charge is 0.239 e. The summed E-state index contributed by atoms with van der Waals surface area (Å²) in [6, 6.07) is 17.0. The van der Waals surface area contributed by atoms with Gasteiger partial charge in [-0.05, 0) is 36.4 Å². The van der Waals surface area contributed by atoms with Crippen LogP contribution in [0.4, 0.5) is 5.82 Å². The van der Waals surface area contributed by atoms with Gasteiger partial charge in [0.25, 0.3) is 0 Å². The van der Waals surface area contributed by atoms with Gasteiger partial charge in [-0.3, -0.25) is 9.69 Å². The molecule has 140 valence electrons. The Morgan fingerprint density at radius 2 is 1.96 bits per heavy atom. The van der Waals surface area contributed by atoms with Crippen LogP contribution >= 0.6 is 23.2 Å². The van der Waals surface area contributed by atoms with Crippen molar-refractivity contribution >= 4 is 34.9 Å². The molecule has 0 bridgehead atoms. The highest BCUT2D eigenvalue weighted by Gasteiger charge is 2.11. The topological polar surface area (TPSA) is 50.2 Å². The molecule has 5 nitrogen and oxygen atoms in total. The van der Waals surface area contributed by atoms with E-state index in [-0.39, 0.29) is 12.5 Å². The third kappa shape index (κ3) is 5.57. The number of nitrogens with one attached hydrogen (secondary N) is 1. The molecule has 0 saturated heterocycles. The number of amides is 1. The molecule has 1 aromatic heterocycles. The van der Waals surface area contributed by atoms with Gasteiger partial charge < -0.3 is 5.32 Å². The molecular formula is C20H20Cl2N4O.